The standard InChI is InChI=1S/C32H37N7O2/c1-22(25-8-9-28-26(20-25)21-31(40)34-28)39-30(33-2)11-10-29(35-39)23-4-6-24(7-5-23)32(41)38-14-12-27(13-15-38)37-18-16-36(3)17-19-37/h4-11,20,27H,1,12-19,21H2,2-3H3,(H,34,40)/b33-30-. The summed E-state index contributed by atoms with van der Waals surface area (Å²) in [6.45, 7) is 10.4. The first-order valence-electron chi connectivity index (χ1n) is 14.4. The van der Waals surface area contributed by atoms with E-state index in [-0.39, 0.29) is 11.8 Å². The van der Waals surface area contributed by atoms with E-state index in [2.05, 4.69) is 33.7 Å². The number of piperidine rings is 1. The van der Waals surface area contributed by atoms with E-state index >= 15 is 0 Å². The zero-order chi connectivity index (χ0) is 28.5. The summed E-state index contributed by atoms with van der Waals surface area (Å²) in [5, 5.41) is 7.72. The first kappa shape index (κ1) is 27.1. The number of aromatic nitrogens is 2. The molecule has 1 N–H and O–H groups in total. The fourth-order valence-corrected chi connectivity index (χ4v) is 6.06. The lowest BCUT2D eigenvalue weighted by Crippen LogP contribution is -2.52. The van der Waals surface area contributed by atoms with E-state index in [1.807, 2.05) is 59.5 Å². The normalized spacial score (nSPS) is 18.8. The molecule has 0 bridgehead atoms. The van der Waals surface area contributed by atoms with Gasteiger partial charge in [-0.05, 0) is 61.9 Å². The Morgan fingerprint density at radius 1 is 0.951 bits per heavy atom. The molecule has 9 nitrogen and oxygen atoms in total. The van der Waals surface area contributed by atoms with E-state index in [4.69, 9.17) is 5.10 Å². The molecule has 212 valence electrons. The van der Waals surface area contributed by atoms with Gasteiger partial charge in [-0.1, -0.05) is 24.8 Å². The van der Waals surface area contributed by atoms with E-state index < -0.39 is 0 Å². The van der Waals surface area contributed by atoms with Crippen LogP contribution in [0.15, 0.2) is 66.2 Å². The number of amides is 2. The van der Waals surface area contributed by atoms with Gasteiger partial charge in [0, 0.05) is 74.7 Å². The van der Waals surface area contributed by atoms with Gasteiger partial charge in [0.25, 0.3) is 5.91 Å². The number of carbonyl (C=O) groups is 2. The first-order valence-corrected chi connectivity index (χ1v) is 14.4. The predicted molar refractivity (Wildman–Crippen MR) is 160 cm³/mol. The molecule has 9 heteroatoms. The number of rotatable bonds is 5. The van der Waals surface area contributed by atoms with Gasteiger partial charge < -0.3 is 15.1 Å². The molecule has 41 heavy (non-hydrogen) atoms. The van der Waals surface area contributed by atoms with Crippen molar-refractivity contribution in [3.8, 4) is 11.3 Å². The zero-order valence-corrected chi connectivity index (χ0v) is 23.8. The van der Waals surface area contributed by atoms with Crippen LogP contribution in [0.3, 0.4) is 0 Å². The number of nitrogens with zero attached hydrogens (tertiary/aromatic N) is 6. The van der Waals surface area contributed by atoms with Gasteiger partial charge in [-0.2, -0.15) is 5.10 Å². The highest BCUT2D eigenvalue weighted by Crippen LogP contribution is 2.27. The monoisotopic (exact) mass is 551 g/mol. The van der Waals surface area contributed by atoms with Crippen LogP contribution < -0.4 is 10.8 Å². The van der Waals surface area contributed by atoms with E-state index in [9.17, 15) is 9.59 Å². The van der Waals surface area contributed by atoms with Crippen molar-refractivity contribution in [1.29, 1.82) is 0 Å². The van der Waals surface area contributed by atoms with E-state index in [0.29, 0.717) is 29.2 Å². The van der Waals surface area contributed by atoms with Gasteiger partial charge in [0.05, 0.1) is 17.8 Å². The molecule has 0 unspecified atom stereocenters. The predicted octanol–water partition coefficient (Wildman–Crippen LogP) is 2.95. The van der Waals surface area contributed by atoms with Gasteiger partial charge in [-0.25, -0.2) is 4.68 Å². The molecular formula is C32H37N7O2. The molecule has 4 heterocycles. The molecule has 0 aliphatic carbocycles. The highest BCUT2D eigenvalue weighted by molar-refractivity contribution is 5.99. The number of piperazine rings is 1. The van der Waals surface area contributed by atoms with Crippen molar-refractivity contribution >= 4 is 23.2 Å². The average Bonchev–Trinajstić information content (AvgIpc) is 3.40. The number of hydrogen-bond acceptors (Lipinski definition) is 6. The van der Waals surface area contributed by atoms with E-state index in [1.54, 1.807) is 11.7 Å². The largest absolute Gasteiger partial charge is 0.339 e. The summed E-state index contributed by atoms with van der Waals surface area (Å²) >= 11 is 0. The summed E-state index contributed by atoms with van der Waals surface area (Å²) < 4.78 is 1.73. The van der Waals surface area contributed by atoms with E-state index in [1.165, 1.54) is 0 Å². The second kappa shape index (κ2) is 11.4. The zero-order valence-electron chi connectivity index (χ0n) is 23.8. The molecule has 1 aromatic heterocycles. The van der Waals surface area contributed by atoms with Crippen molar-refractivity contribution in [2.24, 2.45) is 4.99 Å². The van der Waals surface area contributed by atoms with Crippen LogP contribution >= 0.6 is 0 Å². The van der Waals surface area contributed by atoms with Crippen molar-refractivity contribution in [3.05, 3.63) is 83.4 Å². The Morgan fingerprint density at radius 2 is 1.66 bits per heavy atom. The lowest BCUT2D eigenvalue weighted by molar-refractivity contribution is -0.115. The van der Waals surface area contributed by atoms with Gasteiger partial charge in [0.1, 0.15) is 5.49 Å². The maximum absolute atomic E-state index is 13.3. The minimum Gasteiger partial charge on any atom is -0.339 e. The Labute approximate surface area is 240 Å². The summed E-state index contributed by atoms with van der Waals surface area (Å²) in [5.74, 6) is 0.0892. The molecule has 3 aliphatic heterocycles. The van der Waals surface area contributed by atoms with Crippen LogP contribution in [0.2, 0.25) is 0 Å². The number of fused-ring (bicyclic) bond motifs is 1. The highest BCUT2D eigenvalue weighted by atomic mass is 16.2. The van der Waals surface area contributed by atoms with E-state index in [0.717, 1.165) is 80.2 Å². The highest BCUT2D eigenvalue weighted by Gasteiger charge is 2.29. The lowest BCUT2D eigenvalue weighted by Gasteiger charge is -2.42. The van der Waals surface area contributed by atoms with Crippen molar-refractivity contribution in [3.63, 3.8) is 0 Å². The molecular weight excluding hydrogens is 514 g/mol. The fraction of sp³-hybridized carbons (Fsp3) is 0.375. The van der Waals surface area contributed by atoms with Crippen LogP contribution in [-0.4, -0.2) is 95.7 Å². The minimum atomic E-state index is -0.00292. The van der Waals surface area contributed by atoms with Gasteiger partial charge in [0.2, 0.25) is 5.91 Å². The number of likely N-dealkylation sites (N-methyl/N-ethyl adjacent to an activating group) is 1. The maximum atomic E-state index is 13.3. The SMILES string of the molecule is C=C(c1ccc2c(c1)CC(=O)N2)n1nc(-c2ccc(C(=O)N3CCC(N4CCN(C)CC4)CC3)cc2)cc/c1=N/C. The van der Waals surface area contributed by atoms with Crippen LogP contribution in [0.25, 0.3) is 17.0 Å². The second-order valence-electron chi connectivity index (χ2n) is 11.2. The quantitative estimate of drug-likeness (QED) is 0.527. The van der Waals surface area contributed by atoms with Crippen LogP contribution in [0.5, 0.6) is 0 Å². The Morgan fingerprint density at radius 3 is 2.37 bits per heavy atom. The molecule has 0 spiro atoms. The summed E-state index contributed by atoms with van der Waals surface area (Å²) in [6.07, 6.45) is 2.43. The van der Waals surface area contributed by atoms with Crippen molar-refractivity contribution < 1.29 is 9.59 Å². The lowest BCUT2D eigenvalue weighted by atomic mass is 10.0. The minimum absolute atomic E-state index is 0.00292. The molecule has 2 amide bonds. The van der Waals surface area contributed by atoms with Gasteiger partial charge in [0.15, 0.2) is 0 Å². The van der Waals surface area contributed by atoms with Crippen molar-refractivity contribution in [1.82, 2.24) is 24.5 Å². The fourth-order valence-electron chi connectivity index (χ4n) is 6.06. The third-order valence-corrected chi connectivity index (χ3v) is 8.60. The second-order valence-corrected chi connectivity index (χ2v) is 11.2. The van der Waals surface area contributed by atoms with Crippen LogP contribution in [0.1, 0.15) is 34.3 Å². The van der Waals surface area contributed by atoms with Gasteiger partial charge in [-0.3, -0.25) is 19.5 Å². The number of hydrogen-bond donors (Lipinski definition) is 1. The van der Waals surface area contributed by atoms with Crippen molar-refractivity contribution in [2.45, 2.75) is 25.3 Å². The third-order valence-electron chi connectivity index (χ3n) is 8.60. The molecule has 0 saturated carbocycles. The Bertz CT molecular complexity index is 1540. The molecule has 2 aromatic carbocycles. The van der Waals surface area contributed by atoms with Crippen LogP contribution in [0.4, 0.5) is 5.69 Å². The number of carbonyl (C=O) groups excluding carboxylic acids is 2. The third kappa shape index (κ3) is 5.60. The van der Waals surface area contributed by atoms with Crippen molar-refractivity contribution in [2.75, 3.05) is 58.7 Å². The van der Waals surface area contributed by atoms with Gasteiger partial charge >= 0.3 is 0 Å². The molecule has 6 rings (SSSR count). The number of nitrogens with one attached hydrogen (secondary N) is 1. The molecule has 2 saturated heterocycles. The summed E-state index contributed by atoms with van der Waals surface area (Å²) in [6, 6.07) is 17.9. The first-order chi connectivity index (χ1) is 19.9. The van der Waals surface area contributed by atoms with Crippen LogP contribution in [0, 0.1) is 0 Å². The smallest absolute Gasteiger partial charge is 0.253 e. The topological polar surface area (TPSA) is 86.1 Å². The van der Waals surface area contributed by atoms with Crippen LogP contribution in [-0.2, 0) is 11.2 Å². The Kier molecular flexibility index (Phi) is 7.55. The summed E-state index contributed by atoms with van der Waals surface area (Å²) in [7, 11) is 3.91. The number of anilines is 1. The molecule has 0 atom stereocenters. The van der Waals surface area contributed by atoms with Gasteiger partial charge in [-0.15, -0.1) is 0 Å². The Hall–Kier alpha value is -4.08. The summed E-state index contributed by atoms with van der Waals surface area (Å²) in [5.41, 5.74) is 6.35. The average molecular weight is 552 g/mol. The number of likely N-dealkylation sites (tertiary alicyclic amines) is 1. The molecule has 3 aromatic rings. The molecule has 2 fully saturated rings. The molecule has 0 radical (unpaired) electrons. The Balaban J connectivity index is 1.15. The molecule has 3 aliphatic rings. The summed E-state index contributed by atoms with van der Waals surface area (Å²) in [4.78, 5) is 36.5. The number of benzene rings is 2. The maximum Gasteiger partial charge on any atom is 0.253 e.